The highest BCUT2D eigenvalue weighted by Gasteiger charge is 2.58. The van der Waals surface area contributed by atoms with Crippen molar-refractivity contribution in [2.24, 2.45) is 68.0 Å². The van der Waals surface area contributed by atoms with Gasteiger partial charge in [-0.2, -0.15) is 0 Å². The minimum absolute atomic E-state index is 0. The SMILES string of the molecule is C.C=C1/C(=C/C=C2\CCC[C@@]3(C)C2CCC3C(C)(C)/C=C/C=O)CC(O[Si](C)(C)C(C)(C)C)CC1O[Si](C)(C)C(C)(C)C.C=C1/C(=C\C=C2/CCC[C@@]3(C)C2CCC3C(C)(C)/C=C/C=O)CC(O[Si](C)(C)C(C)(C)C)CC1O[Si](C)(C)C(C)(C)C.C=C1/C(=C\C=C2/CCC[C@]3(C)[C@@H](C(C)(C)/C=C/[C@H](O)C4(c5nc(C)cs5)CC4)CC[C@@H]23)C[C@@H](O)C[C@@H]1O. The van der Waals surface area contributed by atoms with Crippen LogP contribution in [0.4, 0.5) is 0 Å². The second-order valence-corrected chi connectivity index (χ2v) is 68.3. The molecule has 3 N–H and O–H groups in total. The van der Waals surface area contributed by atoms with Crippen LogP contribution in [0.5, 0.6) is 0 Å². The van der Waals surface area contributed by atoms with Crippen LogP contribution >= 0.6 is 11.3 Å². The number of allylic oxidation sites excluding steroid dienone is 14. The molecule has 1 heterocycles. The van der Waals surface area contributed by atoms with Gasteiger partial charge in [0.2, 0.25) is 0 Å². The summed E-state index contributed by atoms with van der Waals surface area (Å²) >= 11 is 1.69. The van der Waals surface area contributed by atoms with E-state index in [0.29, 0.717) is 48.3 Å². The Morgan fingerprint density at radius 1 is 0.467 bits per heavy atom. The number of rotatable bonds is 22. The Hall–Kier alpha value is -3.56. The first-order valence-electron chi connectivity index (χ1n) is 47.5. The first-order chi connectivity index (χ1) is 55.6. The zero-order chi connectivity index (χ0) is 90.5. The second kappa shape index (κ2) is 38.9. The summed E-state index contributed by atoms with van der Waals surface area (Å²) in [7, 11) is -7.83. The summed E-state index contributed by atoms with van der Waals surface area (Å²) in [6, 6.07) is 0. The normalized spacial score (nSPS) is 33.3. The number of fused-ring (bicyclic) bond motifs is 3. The van der Waals surface area contributed by atoms with Crippen molar-refractivity contribution < 1.29 is 42.6 Å². The first-order valence-corrected chi connectivity index (χ1v) is 60.0. The van der Waals surface area contributed by atoms with E-state index in [1.165, 1.54) is 107 Å². The van der Waals surface area contributed by atoms with E-state index in [0.717, 1.165) is 90.5 Å². The van der Waals surface area contributed by atoms with E-state index >= 15 is 0 Å². The largest absolute Gasteiger partial charge is 0.413 e. The Balaban J connectivity index is 0.000000227. The number of nitrogens with zero attached hydrogens (tertiary/aromatic N) is 1. The maximum atomic E-state index is 11.2. The third kappa shape index (κ3) is 23.1. The fraction of sp³-hybridized carbons (Fsp3) is 0.729. The molecule has 11 rings (SSSR count). The molecule has 0 aliphatic heterocycles. The van der Waals surface area contributed by atoms with Gasteiger partial charge in [0.15, 0.2) is 33.3 Å². The van der Waals surface area contributed by atoms with Gasteiger partial charge in [0.05, 0.1) is 48.1 Å². The zero-order valence-electron chi connectivity index (χ0n) is 82.2. The van der Waals surface area contributed by atoms with Gasteiger partial charge in [-0.1, -0.05) is 250 Å². The van der Waals surface area contributed by atoms with Crippen LogP contribution in [0.1, 0.15) is 311 Å². The van der Waals surface area contributed by atoms with Crippen molar-refractivity contribution in [1.29, 1.82) is 0 Å². The molecule has 1 aromatic heterocycles. The number of aliphatic hydroxyl groups is 3. The van der Waals surface area contributed by atoms with Crippen molar-refractivity contribution >= 4 is 57.2 Å². The van der Waals surface area contributed by atoms with Gasteiger partial charge in [-0.25, -0.2) is 4.98 Å². The van der Waals surface area contributed by atoms with Gasteiger partial charge >= 0.3 is 0 Å². The summed E-state index contributed by atoms with van der Waals surface area (Å²) in [6.45, 7) is 83.8. The standard InChI is InChI=1S/2C37H64O3Si2.C32H45NO3S.CH4/c2*1-27-29(19-18-28-17-15-23-37(10)31(28)20-21-33(37)36(8,9)22-16-24-38)25-30(39-41(11,12)34(2,3)4)26-32(27)40-42(13,14)35(5,6)7;1-20-19-37-29(33-20)32(15-16-32)28(36)12-14-30(3,4)27-11-10-25-22(7-6-13-31(25,27)5)8-9-23-17-24(34)18-26(35)21(23)2;/h2*16,18-19,22,24,30-33H,1,15,17,20-21,23,25-26H2,2-14H3;8-9,12,14,19,24-28,34-36H,2,6-7,10-11,13,15-18H2,1,3-5H3;1H4/b22-16+,28-18+,29-19+;22-16+,28-18+,29-19-;14-12+,22-8+,23-9-;/t2*30?,31?,32?,33?,37-;24-,25+,26+,27-,28+,31+;/m001./s1. The van der Waals surface area contributed by atoms with Crippen LogP contribution in [0.25, 0.3) is 0 Å². The zero-order valence-corrected chi connectivity index (χ0v) is 87.0. The number of carbonyl (C=O) groups is 2. The van der Waals surface area contributed by atoms with E-state index in [1.54, 1.807) is 34.6 Å². The Labute approximate surface area is 754 Å². The summed E-state index contributed by atoms with van der Waals surface area (Å²) < 4.78 is 28.2. The van der Waals surface area contributed by atoms with Crippen molar-refractivity contribution in [2.45, 2.75) is 428 Å². The lowest BCUT2D eigenvalue weighted by Crippen LogP contribution is -2.49. The van der Waals surface area contributed by atoms with E-state index in [9.17, 15) is 24.9 Å². The molecule has 1 aromatic rings. The molecule has 686 valence electrons. The molecule has 0 saturated heterocycles. The molecule has 10 aliphatic rings. The molecule has 10 aliphatic carbocycles. The molecule has 0 radical (unpaired) electrons. The van der Waals surface area contributed by atoms with Crippen LogP contribution in [0.3, 0.4) is 0 Å². The molecular weight excluding hydrogens is 1590 g/mol. The van der Waals surface area contributed by atoms with Gasteiger partial charge in [-0.05, 0) is 321 Å². The number of carbonyl (C=O) groups excluding carboxylic acids is 2. The van der Waals surface area contributed by atoms with Crippen LogP contribution in [-0.2, 0) is 32.7 Å². The molecule has 10 fully saturated rings. The van der Waals surface area contributed by atoms with Crippen LogP contribution in [-0.4, -0.2) is 109 Å². The minimum atomic E-state index is -1.98. The van der Waals surface area contributed by atoms with E-state index in [2.05, 4.69) is 284 Å². The molecule has 10 saturated carbocycles. The highest BCUT2D eigenvalue weighted by molar-refractivity contribution is 7.09. The van der Waals surface area contributed by atoms with E-state index < -0.39 is 51.6 Å². The highest BCUT2D eigenvalue weighted by Crippen LogP contribution is 2.66. The lowest BCUT2D eigenvalue weighted by molar-refractivity contribution is -0.104. The maximum absolute atomic E-state index is 11.2. The molecule has 0 spiro atoms. The molecule has 0 bridgehead atoms. The molecule has 8 unspecified atom stereocenters. The molecule has 15 heteroatoms. The number of hydrogen-bond acceptors (Lipinski definition) is 11. The smallest absolute Gasteiger partial charge is 0.192 e. The lowest BCUT2D eigenvalue weighted by Gasteiger charge is -2.47. The predicted octanol–water partition coefficient (Wildman–Crippen LogP) is 29.1. The summed E-state index contributed by atoms with van der Waals surface area (Å²) in [5, 5.41) is 35.4. The molecule has 122 heavy (non-hydrogen) atoms. The third-order valence-electron chi connectivity index (χ3n) is 34.6. The van der Waals surface area contributed by atoms with E-state index in [-0.39, 0.29) is 89.9 Å². The Morgan fingerprint density at radius 3 is 1.11 bits per heavy atom. The average Bonchev–Trinajstić information content (AvgIpc) is 1.59. The summed E-state index contributed by atoms with van der Waals surface area (Å²) in [4.78, 5) is 26.9. The van der Waals surface area contributed by atoms with Crippen molar-refractivity contribution in [3.63, 3.8) is 0 Å². The quantitative estimate of drug-likeness (QED) is 0.0444. The highest BCUT2D eigenvalue weighted by atomic mass is 32.1. The van der Waals surface area contributed by atoms with Crippen LogP contribution in [0.15, 0.2) is 148 Å². The fourth-order valence-corrected chi connectivity index (χ4v) is 29.6. The molecule has 0 aromatic carbocycles. The van der Waals surface area contributed by atoms with Crippen LogP contribution < -0.4 is 0 Å². The van der Waals surface area contributed by atoms with Gasteiger partial charge in [-0.3, -0.25) is 9.59 Å². The number of aryl methyl sites for hydroxylation is 1. The average molecular weight is 1770 g/mol. The summed E-state index contributed by atoms with van der Waals surface area (Å²) in [5.74, 6) is 3.48. The monoisotopic (exact) mass is 1760 g/mol. The van der Waals surface area contributed by atoms with Gasteiger partial charge in [0.1, 0.15) is 17.6 Å². The van der Waals surface area contributed by atoms with Gasteiger partial charge in [0, 0.05) is 30.3 Å². The number of thiazole rings is 1. The van der Waals surface area contributed by atoms with Crippen LogP contribution in [0.2, 0.25) is 72.5 Å². The van der Waals surface area contributed by atoms with E-state index in [1.807, 2.05) is 6.92 Å². The van der Waals surface area contributed by atoms with Crippen molar-refractivity contribution in [1.82, 2.24) is 4.98 Å². The Kier molecular flexibility index (Phi) is 33.1. The Bertz CT molecular complexity index is 3980. The van der Waals surface area contributed by atoms with Gasteiger partial charge < -0.3 is 33.0 Å². The summed E-state index contributed by atoms with van der Waals surface area (Å²) in [5.41, 5.74) is 13.1. The number of aldehydes is 2. The van der Waals surface area contributed by atoms with E-state index in [4.69, 9.17) is 22.7 Å². The Morgan fingerprint density at radius 2 is 0.795 bits per heavy atom. The molecule has 0 amide bonds. The fourth-order valence-electron chi connectivity index (χ4n) is 23.2. The number of aromatic nitrogens is 1. The number of aliphatic hydroxyl groups excluding tert-OH is 3. The molecule has 16 atom stereocenters. The topological polar surface area (TPSA) is 145 Å². The van der Waals surface area contributed by atoms with Crippen molar-refractivity contribution in [2.75, 3.05) is 0 Å². The molecular formula is C107H177NO9SSi4. The lowest BCUT2D eigenvalue weighted by atomic mass is 9.57. The van der Waals surface area contributed by atoms with Crippen molar-refractivity contribution in [3.8, 4) is 0 Å². The number of hydrogen-bond donors (Lipinski definition) is 3. The minimum Gasteiger partial charge on any atom is -0.413 e. The third-order valence-corrected chi connectivity index (χ3v) is 53.9. The van der Waals surface area contributed by atoms with Crippen molar-refractivity contribution in [3.05, 3.63) is 159 Å². The predicted molar refractivity (Wildman–Crippen MR) is 530 cm³/mol. The second-order valence-electron chi connectivity index (χ2n) is 48.4. The maximum Gasteiger partial charge on any atom is 0.192 e. The van der Waals surface area contributed by atoms with Crippen LogP contribution in [0, 0.1) is 74.9 Å². The van der Waals surface area contributed by atoms with Gasteiger partial charge in [0.25, 0.3) is 0 Å². The van der Waals surface area contributed by atoms with Gasteiger partial charge in [-0.15, -0.1) is 11.3 Å². The molecule has 10 nitrogen and oxygen atoms in total. The summed E-state index contributed by atoms with van der Waals surface area (Å²) in [6.07, 6.45) is 51.7. The first kappa shape index (κ1) is 104.